The number of phenolic OH excluding ortho intramolecular Hbond substituents is 2. The summed E-state index contributed by atoms with van der Waals surface area (Å²) in [7, 11) is 0. The molecule has 1 aliphatic rings. The zero-order valence-corrected chi connectivity index (χ0v) is 31.8. The number of nitrogens with zero attached hydrogens (tertiary/aromatic N) is 1. The second kappa shape index (κ2) is 11.7. The first-order valence-electron chi connectivity index (χ1n) is 17.0. The third kappa shape index (κ3) is 7.80. The summed E-state index contributed by atoms with van der Waals surface area (Å²) >= 11 is 0. The average Bonchev–Trinajstić information content (AvgIpc) is 2.82. The van der Waals surface area contributed by atoms with Crippen molar-refractivity contribution in [2.75, 3.05) is 0 Å². The standard InChI is InChI=1S/C41H65NO3/c1-25(27-20-31(38(8,9)10)35(45)32(21-27)39(11,12)13)33(43)28-22-40(14,15)42(41(16,17)23-28)24-26-18-29(36(2,3)4)34(44)30(19-26)37(5,6)7/h18-21,25,28,44-45H,22-24H2,1-17H3. The minimum absolute atomic E-state index is 0.0682. The molecule has 45 heavy (non-hydrogen) atoms. The van der Waals surface area contributed by atoms with Gasteiger partial charge < -0.3 is 10.2 Å². The van der Waals surface area contributed by atoms with Gasteiger partial charge >= 0.3 is 0 Å². The Kier molecular flexibility index (Phi) is 9.67. The summed E-state index contributed by atoms with van der Waals surface area (Å²) in [5, 5.41) is 22.6. The zero-order chi connectivity index (χ0) is 34.9. The molecule has 0 radical (unpaired) electrons. The predicted octanol–water partition coefficient (Wildman–Crippen LogP) is 10.4. The summed E-state index contributed by atoms with van der Waals surface area (Å²) < 4.78 is 0. The maximum atomic E-state index is 14.4. The van der Waals surface area contributed by atoms with Crippen LogP contribution in [0.15, 0.2) is 24.3 Å². The maximum Gasteiger partial charge on any atom is 0.143 e. The molecule has 0 spiro atoms. The van der Waals surface area contributed by atoms with Crippen molar-refractivity contribution in [3.05, 3.63) is 57.6 Å². The molecule has 1 saturated heterocycles. The summed E-state index contributed by atoms with van der Waals surface area (Å²) in [5.41, 5.74) is 4.68. The monoisotopic (exact) mass is 619 g/mol. The van der Waals surface area contributed by atoms with Crippen molar-refractivity contribution in [2.24, 2.45) is 5.92 Å². The van der Waals surface area contributed by atoms with E-state index in [-0.39, 0.29) is 50.4 Å². The minimum Gasteiger partial charge on any atom is -0.507 e. The molecule has 4 heteroatoms. The van der Waals surface area contributed by atoms with Crippen molar-refractivity contribution in [2.45, 2.75) is 176 Å². The number of aromatic hydroxyl groups is 2. The highest BCUT2D eigenvalue weighted by atomic mass is 16.3. The Morgan fingerprint density at radius 2 is 1.00 bits per heavy atom. The van der Waals surface area contributed by atoms with Gasteiger partial charge in [-0.25, -0.2) is 0 Å². The van der Waals surface area contributed by atoms with Crippen LogP contribution in [0.3, 0.4) is 0 Å². The molecule has 0 bridgehead atoms. The fourth-order valence-corrected chi connectivity index (χ4v) is 7.63. The van der Waals surface area contributed by atoms with Crippen LogP contribution in [0.2, 0.25) is 0 Å². The molecular weight excluding hydrogens is 554 g/mol. The van der Waals surface area contributed by atoms with Crippen LogP contribution in [0.4, 0.5) is 0 Å². The van der Waals surface area contributed by atoms with Gasteiger partial charge in [0, 0.05) is 29.5 Å². The van der Waals surface area contributed by atoms with Crippen molar-refractivity contribution in [3.8, 4) is 11.5 Å². The number of hydrogen-bond acceptors (Lipinski definition) is 4. The van der Waals surface area contributed by atoms with Gasteiger partial charge in [-0.1, -0.05) is 114 Å². The Morgan fingerprint density at radius 3 is 1.31 bits per heavy atom. The summed E-state index contributed by atoms with van der Waals surface area (Å²) in [6.07, 6.45) is 1.57. The summed E-state index contributed by atoms with van der Waals surface area (Å²) in [5.74, 6) is 0.718. The van der Waals surface area contributed by atoms with E-state index in [1.54, 1.807) is 0 Å². The summed E-state index contributed by atoms with van der Waals surface area (Å²) in [6.45, 7) is 37.6. The van der Waals surface area contributed by atoms with Crippen LogP contribution in [-0.4, -0.2) is 32.0 Å². The number of rotatable bonds is 5. The normalized spacial score (nSPS) is 19.0. The van der Waals surface area contributed by atoms with E-state index in [2.05, 4.69) is 147 Å². The second-order valence-electron chi connectivity index (χ2n) is 19.4. The Hall–Kier alpha value is -2.33. The van der Waals surface area contributed by atoms with Crippen LogP contribution in [0.1, 0.15) is 170 Å². The number of hydrogen-bond donors (Lipinski definition) is 2. The molecule has 1 fully saturated rings. The van der Waals surface area contributed by atoms with E-state index in [4.69, 9.17) is 0 Å². The highest BCUT2D eigenvalue weighted by Crippen LogP contribution is 2.47. The molecule has 2 aromatic rings. The van der Waals surface area contributed by atoms with Crippen LogP contribution < -0.4 is 0 Å². The summed E-state index contributed by atoms with van der Waals surface area (Å²) in [6, 6.07) is 8.53. The number of phenols is 2. The number of carbonyl (C=O) groups is 1. The average molecular weight is 620 g/mol. The van der Waals surface area contributed by atoms with Gasteiger partial charge in [-0.15, -0.1) is 0 Å². The number of Topliss-reactive ketones (excluding diaryl/α,β-unsaturated/α-hetero) is 1. The van der Waals surface area contributed by atoms with Gasteiger partial charge in [-0.05, 0) is 95.6 Å². The molecule has 2 aromatic carbocycles. The van der Waals surface area contributed by atoms with Gasteiger partial charge in [0.2, 0.25) is 0 Å². The fourth-order valence-electron chi connectivity index (χ4n) is 7.63. The van der Waals surface area contributed by atoms with E-state index in [1.807, 2.05) is 0 Å². The molecule has 1 atom stereocenters. The number of ketones is 1. The molecule has 252 valence electrons. The number of piperidine rings is 1. The van der Waals surface area contributed by atoms with Gasteiger partial charge in [-0.3, -0.25) is 9.69 Å². The highest BCUT2D eigenvalue weighted by Gasteiger charge is 2.48. The first-order valence-corrected chi connectivity index (χ1v) is 17.0. The van der Waals surface area contributed by atoms with Crippen molar-refractivity contribution >= 4 is 5.78 Å². The third-order valence-corrected chi connectivity index (χ3v) is 10.2. The predicted molar refractivity (Wildman–Crippen MR) is 191 cm³/mol. The number of benzene rings is 2. The smallest absolute Gasteiger partial charge is 0.143 e. The van der Waals surface area contributed by atoms with Gasteiger partial charge in [0.05, 0.1) is 0 Å². The molecule has 0 amide bonds. The maximum absolute atomic E-state index is 14.4. The lowest BCUT2D eigenvalue weighted by atomic mass is 9.69. The SMILES string of the molecule is CC(C(=O)C1CC(C)(C)N(Cc2cc(C(C)(C)C)c(O)c(C(C)(C)C)c2)C(C)(C)C1)c1cc(C(C)(C)C)c(O)c(C(C)(C)C)c1. The quantitative estimate of drug-likeness (QED) is 0.350. The number of carbonyl (C=O) groups excluding carboxylic acids is 1. The molecule has 1 unspecified atom stereocenters. The van der Waals surface area contributed by atoms with Crippen LogP contribution in [-0.2, 0) is 33.0 Å². The Balaban J connectivity index is 2.00. The first-order chi connectivity index (χ1) is 20.0. The van der Waals surface area contributed by atoms with Crippen molar-refractivity contribution in [1.29, 1.82) is 0 Å². The van der Waals surface area contributed by atoms with Gasteiger partial charge in [0.1, 0.15) is 17.3 Å². The van der Waals surface area contributed by atoms with Crippen molar-refractivity contribution in [3.63, 3.8) is 0 Å². The van der Waals surface area contributed by atoms with Gasteiger partial charge in [0.15, 0.2) is 0 Å². The van der Waals surface area contributed by atoms with Crippen molar-refractivity contribution < 1.29 is 15.0 Å². The lowest BCUT2D eigenvalue weighted by Crippen LogP contribution is -2.61. The third-order valence-electron chi connectivity index (χ3n) is 10.2. The molecule has 4 nitrogen and oxygen atoms in total. The van der Waals surface area contributed by atoms with Crippen LogP contribution in [0.25, 0.3) is 0 Å². The second-order valence-corrected chi connectivity index (χ2v) is 19.4. The van der Waals surface area contributed by atoms with E-state index >= 15 is 0 Å². The molecule has 0 saturated carbocycles. The van der Waals surface area contributed by atoms with Gasteiger partial charge in [0.25, 0.3) is 0 Å². The first kappa shape index (κ1) is 37.1. The lowest BCUT2D eigenvalue weighted by molar-refractivity contribution is -0.133. The van der Waals surface area contributed by atoms with E-state index in [1.165, 1.54) is 5.56 Å². The largest absolute Gasteiger partial charge is 0.507 e. The molecule has 2 N–H and O–H groups in total. The number of likely N-dealkylation sites (tertiary alicyclic amines) is 1. The Labute approximate surface area is 276 Å². The molecule has 3 rings (SSSR count). The van der Waals surface area contributed by atoms with E-state index in [0.717, 1.165) is 47.2 Å². The van der Waals surface area contributed by atoms with Crippen molar-refractivity contribution in [1.82, 2.24) is 4.90 Å². The Bertz CT molecular complexity index is 1330. The molecule has 0 aromatic heterocycles. The Morgan fingerprint density at radius 1 is 0.689 bits per heavy atom. The molecule has 0 aliphatic carbocycles. The zero-order valence-electron chi connectivity index (χ0n) is 31.8. The topological polar surface area (TPSA) is 60.8 Å². The molecular formula is C41H65NO3. The van der Waals surface area contributed by atoms with Gasteiger partial charge in [-0.2, -0.15) is 0 Å². The van der Waals surface area contributed by atoms with Crippen LogP contribution >= 0.6 is 0 Å². The molecule has 1 heterocycles. The van der Waals surface area contributed by atoms with E-state index in [0.29, 0.717) is 11.5 Å². The fraction of sp³-hybridized carbons (Fsp3) is 0.683. The lowest BCUT2D eigenvalue weighted by Gasteiger charge is -2.55. The highest BCUT2D eigenvalue weighted by molar-refractivity contribution is 5.88. The minimum atomic E-state index is -0.267. The summed E-state index contributed by atoms with van der Waals surface area (Å²) in [4.78, 5) is 17.0. The van der Waals surface area contributed by atoms with Crippen LogP contribution in [0, 0.1) is 5.92 Å². The van der Waals surface area contributed by atoms with Crippen LogP contribution in [0.5, 0.6) is 11.5 Å². The van der Waals surface area contributed by atoms with E-state index in [9.17, 15) is 15.0 Å². The molecule has 1 aliphatic heterocycles. The van der Waals surface area contributed by atoms with E-state index < -0.39 is 0 Å².